The fraction of sp³-hybridized carbons (Fsp3) is 0.381. The largest absolute Gasteiger partial charge is 0.464 e. The lowest BCUT2D eigenvalue weighted by Crippen LogP contribution is -2.36. The third kappa shape index (κ3) is 10.3. The van der Waals surface area contributed by atoms with Crippen LogP contribution in [0.25, 0.3) is 11.4 Å². The summed E-state index contributed by atoms with van der Waals surface area (Å²) in [4.78, 5) is 59.2. The van der Waals surface area contributed by atoms with Gasteiger partial charge in [0.05, 0.1) is 18.9 Å². The summed E-state index contributed by atoms with van der Waals surface area (Å²) in [5.41, 5.74) is 0.752. The lowest BCUT2D eigenvalue weighted by atomic mass is 10.1. The first kappa shape index (κ1) is 32.7. The van der Waals surface area contributed by atoms with Gasteiger partial charge in [0.15, 0.2) is 17.5 Å². The van der Waals surface area contributed by atoms with Crippen molar-refractivity contribution in [2.24, 2.45) is 0 Å². The quantitative estimate of drug-likeness (QED) is 0.128. The topological polar surface area (TPSA) is 129 Å². The molecule has 0 unspecified atom stereocenters. The Morgan fingerprint density at radius 3 is 1.71 bits per heavy atom. The summed E-state index contributed by atoms with van der Waals surface area (Å²) in [6.07, 6.45) is 1.26. The van der Waals surface area contributed by atoms with Crippen LogP contribution in [-0.2, 0) is 36.2 Å². The second-order valence-corrected chi connectivity index (χ2v) is 12.6. The van der Waals surface area contributed by atoms with Gasteiger partial charge >= 0.3 is 11.9 Å². The lowest BCUT2D eigenvalue weighted by molar-refractivity contribution is -0.143. The van der Waals surface area contributed by atoms with Crippen LogP contribution in [0.1, 0.15) is 24.5 Å². The van der Waals surface area contributed by atoms with Crippen molar-refractivity contribution in [3.05, 3.63) is 34.3 Å². The van der Waals surface area contributed by atoms with Gasteiger partial charge in [0.25, 0.3) is 0 Å². The van der Waals surface area contributed by atoms with Gasteiger partial charge in [-0.2, -0.15) is 0 Å². The minimum absolute atomic E-state index is 0.00277. The van der Waals surface area contributed by atoms with Crippen LogP contribution in [-0.4, -0.2) is 65.8 Å². The summed E-state index contributed by atoms with van der Waals surface area (Å²) >= 11 is 39.0. The molecular formula is C21H17BrCl6N4O6. The van der Waals surface area contributed by atoms with E-state index in [1.54, 1.807) is 18.2 Å². The van der Waals surface area contributed by atoms with Crippen molar-refractivity contribution in [2.75, 3.05) is 31.2 Å². The van der Waals surface area contributed by atoms with Crippen molar-refractivity contribution in [2.45, 2.75) is 20.4 Å². The van der Waals surface area contributed by atoms with Crippen LogP contribution < -0.4 is 4.90 Å². The molecule has 0 fully saturated rings. The van der Waals surface area contributed by atoms with Crippen LogP contribution in [0.4, 0.5) is 5.69 Å². The van der Waals surface area contributed by atoms with Gasteiger partial charge in [-0.15, -0.1) is 0 Å². The highest BCUT2D eigenvalue weighted by atomic mass is 79.9. The van der Waals surface area contributed by atoms with Gasteiger partial charge in [-0.3, -0.25) is 9.59 Å². The van der Waals surface area contributed by atoms with Gasteiger partial charge in [-0.05, 0) is 34.1 Å². The molecule has 0 saturated heterocycles. The number of ether oxygens (including phenoxy) is 2. The van der Waals surface area contributed by atoms with Gasteiger partial charge < -0.3 is 24.0 Å². The average molecular weight is 714 g/mol. The molecule has 0 aliphatic heterocycles. The van der Waals surface area contributed by atoms with E-state index in [9.17, 15) is 19.2 Å². The highest BCUT2D eigenvalue weighted by Crippen LogP contribution is 2.41. The van der Waals surface area contributed by atoms with Crippen LogP contribution in [0, 0.1) is 0 Å². The molecule has 0 N–H and O–H groups in total. The Bertz CT molecular complexity index is 1120. The number of alkyl halides is 6. The van der Waals surface area contributed by atoms with Gasteiger partial charge in [0.2, 0.25) is 7.59 Å². The summed E-state index contributed by atoms with van der Waals surface area (Å²) in [7, 11) is 0. The Balaban J connectivity index is 2.43. The molecule has 0 radical (unpaired) electrons. The maximum absolute atomic E-state index is 12.3. The summed E-state index contributed by atoms with van der Waals surface area (Å²) < 4.78 is 6.31. The third-order valence-corrected chi connectivity index (χ3v) is 5.98. The Kier molecular flexibility index (Phi) is 12.7. The molecule has 0 saturated carbocycles. The van der Waals surface area contributed by atoms with Crippen molar-refractivity contribution in [1.82, 2.24) is 15.0 Å². The molecule has 2 aromatic rings. The van der Waals surface area contributed by atoms with Crippen LogP contribution in [0.2, 0.25) is 0 Å². The Morgan fingerprint density at radius 2 is 1.32 bits per heavy atom. The normalized spacial score (nSPS) is 11.6. The number of benzene rings is 1. The molecular weight excluding hydrogens is 697 g/mol. The van der Waals surface area contributed by atoms with Crippen LogP contribution in [0.3, 0.4) is 0 Å². The Morgan fingerprint density at radius 1 is 0.842 bits per heavy atom. The average Bonchev–Trinajstić information content (AvgIpc) is 2.82. The number of aldehydes is 2. The number of hydrogen-bond donors (Lipinski definition) is 0. The number of carbonyl (C=O) groups is 4. The first-order valence-electron chi connectivity index (χ1n) is 10.4. The molecule has 0 aliphatic rings. The van der Waals surface area contributed by atoms with Gasteiger partial charge in [-0.25, -0.2) is 15.0 Å². The molecule has 17 heteroatoms. The summed E-state index contributed by atoms with van der Waals surface area (Å²) in [5.74, 6) is -1.96. The molecule has 1 heterocycles. The first-order chi connectivity index (χ1) is 17.8. The van der Waals surface area contributed by atoms with E-state index in [0.717, 1.165) is 0 Å². The van der Waals surface area contributed by atoms with Gasteiger partial charge in [0, 0.05) is 22.9 Å². The van der Waals surface area contributed by atoms with Gasteiger partial charge in [-0.1, -0.05) is 69.6 Å². The number of nitrogens with zero attached hydrogens (tertiary/aromatic N) is 4. The van der Waals surface area contributed by atoms with Crippen molar-refractivity contribution in [3.8, 4) is 11.4 Å². The molecule has 1 aromatic carbocycles. The van der Waals surface area contributed by atoms with E-state index in [-0.39, 0.29) is 56.6 Å². The number of aromatic nitrogens is 3. The molecule has 2 rings (SSSR count). The zero-order chi connectivity index (χ0) is 28.5. The van der Waals surface area contributed by atoms with Crippen LogP contribution in [0.5, 0.6) is 0 Å². The molecule has 0 spiro atoms. The van der Waals surface area contributed by atoms with Crippen molar-refractivity contribution >= 4 is 116 Å². The minimum atomic E-state index is -2.05. The fourth-order valence-corrected chi connectivity index (χ4v) is 3.87. The second-order valence-electron chi connectivity index (χ2n) is 7.18. The van der Waals surface area contributed by atoms with E-state index in [2.05, 4.69) is 30.9 Å². The van der Waals surface area contributed by atoms with E-state index in [4.69, 9.17) is 79.1 Å². The number of anilines is 1. The lowest BCUT2D eigenvalue weighted by Gasteiger charge is -2.24. The Labute approximate surface area is 255 Å². The number of hydrogen-bond acceptors (Lipinski definition) is 10. The summed E-state index contributed by atoms with van der Waals surface area (Å²) in [5, 5.41) is 0. The van der Waals surface area contributed by atoms with E-state index < -0.39 is 19.5 Å². The molecule has 0 atom stereocenters. The minimum Gasteiger partial charge on any atom is -0.464 e. The number of halogens is 7. The zero-order valence-electron chi connectivity index (χ0n) is 19.0. The molecule has 0 amide bonds. The second kappa shape index (κ2) is 14.8. The maximum Gasteiger partial charge on any atom is 0.325 e. The maximum atomic E-state index is 12.3. The number of esters is 2. The SMILES string of the molecule is O=CCCOC(=O)CN(CC(=O)OCCC=O)c1ccc(-c2nc(C(Cl)(Cl)Cl)nc(C(Cl)(Cl)Cl)n2)cc1Br. The van der Waals surface area contributed by atoms with E-state index >= 15 is 0 Å². The number of rotatable bonds is 12. The van der Waals surface area contributed by atoms with Gasteiger partial charge in [0.1, 0.15) is 25.7 Å². The molecule has 0 bridgehead atoms. The van der Waals surface area contributed by atoms with Crippen molar-refractivity contribution < 1.29 is 28.7 Å². The van der Waals surface area contributed by atoms with Crippen LogP contribution >= 0.6 is 85.5 Å². The predicted molar refractivity (Wildman–Crippen MR) is 147 cm³/mol. The molecule has 38 heavy (non-hydrogen) atoms. The predicted octanol–water partition coefficient (Wildman–Crippen LogP) is 5.03. The molecule has 206 valence electrons. The zero-order valence-corrected chi connectivity index (χ0v) is 25.1. The Hall–Kier alpha value is -1.47. The third-order valence-electron chi connectivity index (χ3n) is 4.33. The van der Waals surface area contributed by atoms with E-state index in [1.807, 2.05) is 0 Å². The highest BCUT2D eigenvalue weighted by molar-refractivity contribution is 9.10. The first-order valence-corrected chi connectivity index (χ1v) is 13.5. The van der Waals surface area contributed by atoms with Crippen molar-refractivity contribution in [1.29, 1.82) is 0 Å². The van der Waals surface area contributed by atoms with E-state index in [0.29, 0.717) is 28.3 Å². The molecule has 10 nitrogen and oxygen atoms in total. The fourth-order valence-electron chi connectivity index (χ4n) is 2.73. The highest BCUT2D eigenvalue weighted by Gasteiger charge is 2.34. The number of carbonyl (C=O) groups excluding carboxylic acids is 4. The van der Waals surface area contributed by atoms with E-state index in [1.165, 1.54) is 4.90 Å². The molecule has 1 aromatic heterocycles. The standard InChI is InChI=1S/C21H17BrCl6N4O6/c22-13-9-12(17-29-18(20(23,24)25)31-19(30-17)21(26,27)28)3-4-14(13)32(10-15(35)37-7-1-5-33)11-16(36)38-8-2-6-34/h3-6,9H,1-2,7-8,10-11H2. The summed E-state index contributed by atoms with van der Waals surface area (Å²) in [6, 6.07) is 4.64. The monoisotopic (exact) mass is 710 g/mol. The summed E-state index contributed by atoms with van der Waals surface area (Å²) in [6.45, 7) is -0.951. The smallest absolute Gasteiger partial charge is 0.325 e. The van der Waals surface area contributed by atoms with Crippen LogP contribution in [0.15, 0.2) is 22.7 Å². The van der Waals surface area contributed by atoms with Crippen molar-refractivity contribution in [3.63, 3.8) is 0 Å². The molecule has 0 aliphatic carbocycles.